The predicted octanol–water partition coefficient (Wildman–Crippen LogP) is 7.39. The molecule has 3 rings (SSSR count). The van der Waals surface area contributed by atoms with Crippen molar-refractivity contribution in [2.75, 3.05) is 6.16 Å². The zero-order valence-electron chi connectivity index (χ0n) is 25.4. The van der Waals surface area contributed by atoms with Crippen molar-refractivity contribution >= 4 is 43.4 Å². The summed E-state index contributed by atoms with van der Waals surface area (Å²) in [5, 5.41) is 5.51. The first-order valence-electron chi connectivity index (χ1n) is 14.4. The Balaban J connectivity index is 2.08. The summed E-state index contributed by atoms with van der Waals surface area (Å²) in [5.41, 5.74) is 0.578. The van der Waals surface area contributed by atoms with Crippen molar-refractivity contribution in [3.05, 3.63) is 96.6 Å². The van der Waals surface area contributed by atoms with Crippen molar-refractivity contribution in [2.45, 2.75) is 72.3 Å². The topological polar surface area (TPSA) is 67.4 Å². The molecule has 3 aromatic rings. The standard InChI is InChI=1S/C34H46BrN2O3P/c1-25(2)30(36-32(38)31(26(3)4)37-33(39)40-34(5,6)7)24-41(35,28-19-13-9-14-20-28,29-21-15-10-16-22-29)23-27-17-11-8-12-18-27/h8-22,25-26,30-31H,23-24H2,1-7H3,(H,36,38)(H,37,39)/t30-,31?/m1/s1. The van der Waals surface area contributed by atoms with Crippen LogP contribution in [0.15, 0.2) is 91.0 Å². The number of amides is 2. The van der Waals surface area contributed by atoms with Gasteiger partial charge in [0.2, 0.25) is 0 Å². The molecule has 0 aliphatic carbocycles. The Hall–Kier alpha value is -2.69. The van der Waals surface area contributed by atoms with E-state index in [1.807, 2.05) is 52.8 Å². The molecule has 7 heteroatoms. The van der Waals surface area contributed by atoms with E-state index in [2.05, 4.69) is 113 Å². The van der Waals surface area contributed by atoms with Crippen LogP contribution in [0.3, 0.4) is 0 Å². The minimum absolute atomic E-state index is 0.123. The molecule has 41 heavy (non-hydrogen) atoms. The molecule has 0 aliphatic heterocycles. The summed E-state index contributed by atoms with van der Waals surface area (Å²) >= 11 is 4.53. The molecule has 0 heterocycles. The molecule has 0 saturated heterocycles. The quantitative estimate of drug-likeness (QED) is 0.215. The molecule has 222 valence electrons. The number of halogens is 1. The van der Waals surface area contributed by atoms with Crippen molar-refractivity contribution in [3.63, 3.8) is 0 Å². The molecule has 0 saturated carbocycles. The van der Waals surface area contributed by atoms with Gasteiger partial charge in [-0.05, 0) is 0 Å². The van der Waals surface area contributed by atoms with Crippen molar-refractivity contribution in [2.24, 2.45) is 11.8 Å². The Labute approximate surface area is 254 Å². The Morgan fingerprint density at radius 2 is 1.22 bits per heavy atom. The molecule has 1 unspecified atom stereocenters. The molecule has 2 amide bonds. The van der Waals surface area contributed by atoms with Gasteiger partial charge >= 0.3 is 255 Å². The molecule has 0 aromatic heterocycles. The van der Waals surface area contributed by atoms with Gasteiger partial charge in [-0.15, -0.1) is 0 Å². The van der Waals surface area contributed by atoms with Crippen LogP contribution in [-0.4, -0.2) is 35.8 Å². The number of carbonyl (C=O) groups is 2. The van der Waals surface area contributed by atoms with E-state index in [-0.39, 0.29) is 23.8 Å². The summed E-state index contributed by atoms with van der Waals surface area (Å²) in [7, 11) is 0. The first-order valence-corrected chi connectivity index (χ1v) is 19.0. The van der Waals surface area contributed by atoms with E-state index >= 15 is 0 Å². The van der Waals surface area contributed by atoms with Gasteiger partial charge < -0.3 is 0 Å². The average Bonchev–Trinajstić information content (AvgIpc) is 2.92. The zero-order chi connectivity index (χ0) is 30.3. The molecule has 0 spiro atoms. The van der Waals surface area contributed by atoms with Gasteiger partial charge in [-0.1, -0.05) is 0 Å². The molecule has 3 aromatic carbocycles. The summed E-state index contributed by atoms with van der Waals surface area (Å²) in [6.45, 7) is 13.6. The number of benzene rings is 3. The van der Waals surface area contributed by atoms with Crippen LogP contribution in [0.25, 0.3) is 0 Å². The number of rotatable bonds is 11. The normalized spacial score (nSPS) is 14.5. The van der Waals surface area contributed by atoms with Crippen LogP contribution in [0.2, 0.25) is 0 Å². The SMILES string of the molecule is CC(C)C(NC(=O)OC(C)(C)C)C(=O)N[C@H](CP(Br)(Cc1ccccc1)(c1ccccc1)c1ccccc1)C(C)C. The maximum atomic E-state index is 13.8. The van der Waals surface area contributed by atoms with E-state index in [9.17, 15) is 9.59 Å². The van der Waals surface area contributed by atoms with E-state index in [1.54, 1.807) is 0 Å². The van der Waals surface area contributed by atoms with Crippen LogP contribution >= 0.6 is 20.8 Å². The summed E-state index contributed by atoms with van der Waals surface area (Å²) in [6, 6.07) is 31.0. The van der Waals surface area contributed by atoms with E-state index in [0.717, 1.165) is 6.16 Å². The van der Waals surface area contributed by atoms with Gasteiger partial charge in [-0.3, -0.25) is 0 Å². The van der Waals surface area contributed by atoms with Gasteiger partial charge in [0.1, 0.15) is 0 Å². The minimum atomic E-state index is -3.14. The van der Waals surface area contributed by atoms with Crippen molar-refractivity contribution in [3.8, 4) is 0 Å². The molecule has 2 atom stereocenters. The third-order valence-corrected chi connectivity index (χ3v) is 16.6. The number of hydrogen-bond donors (Lipinski definition) is 2. The summed E-state index contributed by atoms with van der Waals surface area (Å²) < 4.78 is 5.47. The second kappa shape index (κ2) is 13.5. The van der Waals surface area contributed by atoms with Gasteiger partial charge in [-0.2, -0.15) is 0 Å². The Bertz CT molecular complexity index is 1240. The van der Waals surface area contributed by atoms with Gasteiger partial charge in [-0.25, -0.2) is 0 Å². The maximum absolute atomic E-state index is 13.8. The van der Waals surface area contributed by atoms with Gasteiger partial charge in [0, 0.05) is 0 Å². The molecule has 2 N–H and O–H groups in total. The van der Waals surface area contributed by atoms with Crippen LogP contribution in [0.1, 0.15) is 54.0 Å². The van der Waals surface area contributed by atoms with Crippen molar-refractivity contribution < 1.29 is 14.3 Å². The molecule has 0 fully saturated rings. The fourth-order valence-electron chi connectivity index (χ4n) is 5.19. The summed E-state index contributed by atoms with van der Waals surface area (Å²) in [4.78, 5) is 26.5. The second-order valence-corrected chi connectivity index (χ2v) is 22.2. The number of nitrogens with one attached hydrogen (secondary N) is 2. The number of carbonyl (C=O) groups excluding carboxylic acids is 2. The van der Waals surface area contributed by atoms with E-state index in [1.165, 1.54) is 16.2 Å². The van der Waals surface area contributed by atoms with Gasteiger partial charge in [0.05, 0.1) is 0 Å². The fourth-order valence-corrected chi connectivity index (χ4v) is 13.6. The monoisotopic (exact) mass is 640 g/mol. The van der Waals surface area contributed by atoms with Crippen LogP contribution in [-0.2, 0) is 15.7 Å². The van der Waals surface area contributed by atoms with Crippen LogP contribution in [0, 0.1) is 11.8 Å². The molecule has 0 aliphatic rings. The molecule has 5 nitrogen and oxygen atoms in total. The average molecular weight is 642 g/mol. The van der Waals surface area contributed by atoms with Crippen LogP contribution < -0.4 is 21.2 Å². The van der Waals surface area contributed by atoms with Crippen LogP contribution in [0.5, 0.6) is 0 Å². The number of hydrogen-bond acceptors (Lipinski definition) is 3. The summed E-state index contributed by atoms with van der Waals surface area (Å²) in [5.74, 6) is -0.194. The summed E-state index contributed by atoms with van der Waals surface area (Å²) in [6.07, 6.45) is 0.906. The Morgan fingerprint density at radius 3 is 1.63 bits per heavy atom. The first-order chi connectivity index (χ1) is 19.2. The van der Waals surface area contributed by atoms with Crippen LogP contribution in [0.4, 0.5) is 4.79 Å². The molecular formula is C34H46BrN2O3P. The predicted molar refractivity (Wildman–Crippen MR) is 178 cm³/mol. The Morgan fingerprint density at radius 1 is 0.756 bits per heavy atom. The van der Waals surface area contributed by atoms with Gasteiger partial charge in [0.15, 0.2) is 0 Å². The van der Waals surface area contributed by atoms with Crippen molar-refractivity contribution in [1.29, 1.82) is 0 Å². The zero-order valence-corrected chi connectivity index (χ0v) is 27.9. The number of alkyl carbamates (subject to hydrolysis) is 1. The molecule has 0 bridgehead atoms. The fraction of sp³-hybridized carbons (Fsp3) is 0.412. The third kappa shape index (κ3) is 8.42. The van der Waals surface area contributed by atoms with E-state index < -0.39 is 23.0 Å². The third-order valence-electron chi connectivity index (χ3n) is 7.38. The van der Waals surface area contributed by atoms with E-state index in [0.29, 0.717) is 6.16 Å². The van der Waals surface area contributed by atoms with E-state index in [4.69, 9.17) is 4.74 Å². The van der Waals surface area contributed by atoms with Gasteiger partial charge in [0.25, 0.3) is 0 Å². The first kappa shape index (κ1) is 32.8. The van der Waals surface area contributed by atoms with Crippen molar-refractivity contribution in [1.82, 2.24) is 10.6 Å². The molecular weight excluding hydrogens is 595 g/mol. The Kier molecular flexibility index (Phi) is 10.8. The second-order valence-electron chi connectivity index (χ2n) is 12.6. The molecule has 0 radical (unpaired) electrons. The number of ether oxygens (including phenoxy) is 1.